The molecular formula is C32H41N7O2. The third-order valence-electron chi connectivity index (χ3n) is 9.44. The largest absolute Gasteiger partial charge is 0.462 e. The first-order chi connectivity index (χ1) is 20.1. The molecule has 6 rings (SSSR count). The lowest BCUT2D eigenvalue weighted by Gasteiger charge is -2.43. The van der Waals surface area contributed by atoms with Crippen molar-refractivity contribution >= 4 is 17.4 Å². The van der Waals surface area contributed by atoms with Crippen LogP contribution in [-0.4, -0.2) is 90.2 Å². The number of hydrogen-bond acceptors (Lipinski definition) is 8. The van der Waals surface area contributed by atoms with Crippen LogP contribution in [0.5, 0.6) is 6.01 Å². The minimum absolute atomic E-state index is 0.121. The van der Waals surface area contributed by atoms with Gasteiger partial charge in [0.15, 0.2) is 0 Å². The summed E-state index contributed by atoms with van der Waals surface area (Å²) < 4.78 is 6.31. The minimum atomic E-state index is -0.206. The van der Waals surface area contributed by atoms with Crippen LogP contribution in [0.25, 0.3) is 0 Å². The maximum absolute atomic E-state index is 12.5. The first-order valence-corrected chi connectivity index (χ1v) is 15.2. The van der Waals surface area contributed by atoms with Gasteiger partial charge in [0, 0.05) is 55.9 Å². The Labute approximate surface area is 243 Å². The monoisotopic (exact) mass is 555 g/mol. The Morgan fingerprint density at radius 2 is 2.00 bits per heavy atom. The van der Waals surface area contributed by atoms with E-state index in [2.05, 4.69) is 58.7 Å². The molecule has 1 aromatic carbocycles. The van der Waals surface area contributed by atoms with Crippen LogP contribution >= 0.6 is 0 Å². The van der Waals surface area contributed by atoms with Gasteiger partial charge in [-0.25, -0.2) is 0 Å². The number of piperazine rings is 1. The predicted octanol–water partition coefficient (Wildman–Crippen LogP) is 3.38. The maximum atomic E-state index is 12.5. The fourth-order valence-corrected chi connectivity index (χ4v) is 7.19. The Kier molecular flexibility index (Phi) is 8.11. The molecule has 3 aliphatic heterocycles. The average molecular weight is 556 g/mol. The van der Waals surface area contributed by atoms with Gasteiger partial charge in [0.2, 0.25) is 5.91 Å². The van der Waals surface area contributed by atoms with Crippen molar-refractivity contribution < 1.29 is 9.53 Å². The van der Waals surface area contributed by atoms with Crippen LogP contribution in [0.3, 0.4) is 0 Å². The number of nitrogens with zero attached hydrogens (tertiary/aromatic N) is 7. The van der Waals surface area contributed by atoms with E-state index in [1.54, 1.807) is 4.90 Å². The molecule has 9 heteroatoms. The van der Waals surface area contributed by atoms with E-state index in [4.69, 9.17) is 14.7 Å². The summed E-state index contributed by atoms with van der Waals surface area (Å²) >= 11 is 0. The molecule has 0 saturated carbocycles. The van der Waals surface area contributed by atoms with E-state index in [0.717, 1.165) is 56.7 Å². The highest BCUT2D eigenvalue weighted by atomic mass is 16.5. The number of rotatable bonds is 7. The van der Waals surface area contributed by atoms with E-state index in [0.29, 0.717) is 44.3 Å². The van der Waals surface area contributed by atoms with Crippen LogP contribution in [-0.2, 0) is 24.1 Å². The maximum Gasteiger partial charge on any atom is 0.318 e. The Morgan fingerprint density at radius 1 is 1.12 bits per heavy atom. The average Bonchev–Trinajstić information content (AvgIpc) is 3.43. The molecule has 0 bridgehead atoms. The zero-order chi connectivity index (χ0) is 28.3. The molecule has 1 amide bonds. The standard InChI is InChI=1S/C32H41N7O2/c1-3-30(40)39-19-18-37(21-25(39)14-15-33)31-27-13-12-24(38-17-6-9-23-8-4-5-11-29(23)38)20-28(27)34-32(35-31)41-22-26-10-7-16-36(26)2/h3-5,8,11,24-26H,1,6-7,9-10,12-14,16-22H2,2H3/t24-,25-,26-/m0/s1. The number of para-hydroxylation sites is 1. The van der Waals surface area contributed by atoms with Gasteiger partial charge in [-0.15, -0.1) is 0 Å². The molecule has 41 heavy (non-hydrogen) atoms. The summed E-state index contributed by atoms with van der Waals surface area (Å²) in [6.45, 7) is 8.15. The Balaban J connectivity index is 1.29. The number of nitriles is 1. The molecule has 2 fully saturated rings. The molecule has 1 aliphatic carbocycles. The van der Waals surface area contributed by atoms with Crippen molar-refractivity contribution in [3.05, 3.63) is 53.7 Å². The fraction of sp³-hybridized carbons (Fsp3) is 0.562. The Bertz CT molecular complexity index is 1320. The number of aryl methyl sites for hydroxylation is 1. The number of carbonyl (C=O) groups is 1. The number of ether oxygens (including phenoxy) is 1. The molecule has 1 aromatic heterocycles. The third kappa shape index (κ3) is 5.62. The number of carbonyl (C=O) groups excluding carboxylic acids is 1. The second-order valence-corrected chi connectivity index (χ2v) is 11.9. The molecule has 2 aromatic rings. The molecule has 0 radical (unpaired) electrons. The quantitative estimate of drug-likeness (QED) is 0.481. The molecule has 0 unspecified atom stereocenters. The molecule has 2 saturated heterocycles. The van der Waals surface area contributed by atoms with Crippen molar-refractivity contribution in [2.75, 3.05) is 56.2 Å². The van der Waals surface area contributed by atoms with E-state index in [-0.39, 0.29) is 18.4 Å². The van der Waals surface area contributed by atoms with Crippen LogP contribution in [0.2, 0.25) is 0 Å². The molecule has 216 valence electrons. The van der Waals surface area contributed by atoms with Gasteiger partial charge in [-0.05, 0) is 69.8 Å². The summed E-state index contributed by atoms with van der Waals surface area (Å²) in [7, 11) is 2.15. The summed E-state index contributed by atoms with van der Waals surface area (Å²) in [5.74, 6) is 0.792. The van der Waals surface area contributed by atoms with Gasteiger partial charge < -0.3 is 24.3 Å². The molecule has 9 nitrogen and oxygen atoms in total. The summed E-state index contributed by atoms with van der Waals surface area (Å²) in [6.07, 6.45) is 9.04. The highest BCUT2D eigenvalue weighted by Gasteiger charge is 2.35. The van der Waals surface area contributed by atoms with Gasteiger partial charge in [0.1, 0.15) is 12.4 Å². The molecule has 0 N–H and O–H groups in total. The summed E-state index contributed by atoms with van der Waals surface area (Å²) in [5.41, 5.74) is 5.07. The van der Waals surface area contributed by atoms with Crippen molar-refractivity contribution in [1.82, 2.24) is 19.8 Å². The number of anilines is 2. The molecule has 4 heterocycles. The van der Waals surface area contributed by atoms with E-state index < -0.39 is 0 Å². The van der Waals surface area contributed by atoms with E-state index in [1.165, 1.54) is 35.7 Å². The second-order valence-electron chi connectivity index (χ2n) is 11.9. The van der Waals surface area contributed by atoms with Crippen molar-refractivity contribution in [3.8, 4) is 12.1 Å². The molecule has 4 aliphatic rings. The zero-order valence-corrected chi connectivity index (χ0v) is 24.2. The zero-order valence-electron chi connectivity index (χ0n) is 24.2. The normalized spacial score (nSPS) is 24.4. The van der Waals surface area contributed by atoms with Gasteiger partial charge in [0.05, 0.1) is 24.2 Å². The number of aromatic nitrogens is 2. The summed E-state index contributed by atoms with van der Waals surface area (Å²) in [4.78, 5) is 31.5. The number of fused-ring (bicyclic) bond motifs is 2. The number of amides is 1. The highest BCUT2D eigenvalue weighted by Crippen LogP contribution is 2.37. The van der Waals surface area contributed by atoms with E-state index >= 15 is 0 Å². The summed E-state index contributed by atoms with van der Waals surface area (Å²) in [6, 6.07) is 12.1. The number of likely N-dealkylation sites (tertiary alicyclic amines) is 1. The number of likely N-dealkylation sites (N-methyl/N-ethyl adjacent to an activating group) is 1. The number of hydrogen-bond donors (Lipinski definition) is 0. The summed E-state index contributed by atoms with van der Waals surface area (Å²) in [5, 5.41) is 9.52. The SMILES string of the molecule is C=CC(=O)N1CCN(c2nc(OC[C@@H]3CCCN3C)nc3c2CC[C@H](N2CCCc4ccccc42)C3)C[C@@H]1CC#N. The van der Waals surface area contributed by atoms with Gasteiger partial charge in [-0.3, -0.25) is 4.79 Å². The van der Waals surface area contributed by atoms with Gasteiger partial charge in [-0.1, -0.05) is 24.8 Å². The lowest BCUT2D eigenvalue weighted by atomic mass is 9.88. The smallest absolute Gasteiger partial charge is 0.318 e. The first kappa shape index (κ1) is 27.5. The van der Waals surface area contributed by atoms with Crippen LogP contribution in [0.1, 0.15) is 48.9 Å². The topological polar surface area (TPSA) is 88.8 Å². The first-order valence-electron chi connectivity index (χ1n) is 15.2. The van der Waals surface area contributed by atoms with Crippen molar-refractivity contribution in [2.24, 2.45) is 0 Å². The van der Waals surface area contributed by atoms with Crippen LogP contribution in [0, 0.1) is 11.3 Å². The Hall–Kier alpha value is -3.64. The van der Waals surface area contributed by atoms with Crippen molar-refractivity contribution in [1.29, 1.82) is 5.26 Å². The van der Waals surface area contributed by atoms with Gasteiger partial charge >= 0.3 is 6.01 Å². The lowest BCUT2D eigenvalue weighted by molar-refractivity contribution is -0.128. The van der Waals surface area contributed by atoms with Crippen LogP contribution in [0.4, 0.5) is 11.5 Å². The molecule has 0 spiro atoms. The van der Waals surface area contributed by atoms with Crippen molar-refractivity contribution in [2.45, 2.75) is 69.5 Å². The van der Waals surface area contributed by atoms with Crippen molar-refractivity contribution in [3.63, 3.8) is 0 Å². The van der Waals surface area contributed by atoms with Gasteiger partial charge in [-0.2, -0.15) is 15.2 Å². The Morgan fingerprint density at radius 3 is 2.80 bits per heavy atom. The minimum Gasteiger partial charge on any atom is -0.462 e. The van der Waals surface area contributed by atoms with E-state index in [9.17, 15) is 10.1 Å². The predicted molar refractivity (Wildman–Crippen MR) is 159 cm³/mol. The van der Waals surface area contributed by atoms with E-state index in [1.807, 2.05) is 0 Å². The third-order valence-corrected chi connectivity index (χ3v) is 9.44. The highest BCUT2D eigenvalue weighted by molar-refractivity contribution is 5.87. The number of benzene rings is 1. The van der Waals surface area contributed by atoms with Crippen LogP contribution in [0.15, 0.2) is 36.9 Å². The van der Waals surface area contributed by atoms with Crippen LogP contribution < -0.4 is 14.5 Å². The molecular weight excluding hydrogens is 514 g/mol. The van der Waals surface area contributed by atoms with Gasteiger partial charge in [0.25, 0.3) is 0 Å². The molecule has 3 atom stereocenters. The lowest BCUT2D eigenvalue weighted by Crippen LogP contribution is -2.55. The second kappa shape index (κ2) is 12.1. The fourth-order valence-electron chi connectivity index (χ4n) is 7.19.